The van der Waals surface area contributed by atoms with E-state index >= 15 is 0 Å². The van der Waals surface area contributed by atoms with Crippen LogP contribution in [0.15, 0.2) is 41.7 Å². The molecule has 0 aliphatic carbocycles. The lowest BCUT2D eigenvalue weighted by molar-refractivity contribution is -0.117. The van der Waals surface area contributed by atoms with Crippen molar-refractivity contribution in [3.05, 3.63) is 48.0 Å². The van der Waals surface area contributed by atoms with Crippen molar-refractivity contribution < 1.29 is 4.79 Å². The number of carbonyl (C=O) groups is 1. The van der Waals surface area contributed by atoms with Crippen LogP contribution < -0.4 is 15.5 Å². The first-order chi connectivity index (χ1) is 14.1. The van der Waals surface area contributed by atoms with Crippen LogP contribution in [0.2, 0.25) is 0 Å². The first-order valence-electron chi connectivity index (χ1n) is 10.5. The summed E-state index contributed by atoms with van der Waals surface area (Å²) in [5.74, 6) is 2.56. The molecule has 1 aliphatic rings. The van der Waals surface area contributed by atoms with Crippen LogP contribution >= 0.6 is 24.0 Å². The van der Waals surface area contributed by atoms with E-state index in [4.69, 9.17) is 4.99 Å². The summed E-state index contributed by atoms with van der Waals surface area (Å²) in [5, 5.41) is 6.66. The minimum Gasteiger partial charge on any atom is -0.357 e. The number of hydrogen-bond acceptors (Lipinski definition) is 3. The first kappa shape index (κ1) is 24.2. The van der Waals surface area contributed by atoms with E-state index in [-0.39, 0.29) is 29.9 Å². The van der Waals surface area contributed by atoms with Crippen LogP contribution in [-0.4, -0.2) is 34.5 Å². The predicted octanol–water partition coefficient (Wildman–Crippen LogP) is 3.54. The second-order valence-electron chi connectivity index (χ2n) is 7.75. The Bertz CT molecular complexity index is 830. The molecule has 8 heteroatoms. The van der Waals surface area contributed by atoms with Crippen molar-refractivity contribution in [2.24, 2.45) is 10.9 Å². The number of aliphatic imine (C=N–C) groups is 1. The third-order valence-corrected chi connectivity index (χ3v) is 4.86. The molecule has 0 bridgehead atoms. The number of guanidine groups is 1. The molecule has 1 aromatic heterocycles. The molecule has 164 valence electrons. The van der Waals surface area contributed by atoms with Crippen LogP contribution in [0.3, 0.4) is 0 Å². The van der Waals surface area contributed by atoms with Gasteiger partial charge in [-0.2, -0.15) is 0 Å². The van der Waals surface area contributed by atoms with Gasteiger partial charge in [-0.15, -0.1) is 24.0 Å². The van der Waals surface area contributed by atoms with E-state index in [0.29, 0.717) is 25.4 Å². The zero-order valence-electron chi connectivity index (χ0n) is 18.1. The Morgan fingerprint density at radius 2 is 2.00 bits per heavy atom. The molecule has 1 amide bonds. The Morgan fingerprint density at radius 1 is 1.23 bits per heavy atom. The summed E-state index contributed by atoms with van der Waals surface area (Å²) in [4.78, 5) is 22.9. The van der Waals surface area contributed by atoms with E-state index in [0.717, 1.165) is 49.1 Å². The fourth-order valence-corrected chi connectivity index (χ4v) is 3.44. The molecule has 1 aromatic carbocycles. The van der Waals surface area contributed by atoms with E-state index in [2.05, 4.69) is 41.0 Å². The van der Waals surface area contributed by atoms with Crippen molar-refractivity contribution >= 4 is 41.5 Å². The topological polar surface area (TPSA) is 74.6 Å². The number of rotatable bonds is 8. The third kappa shape index (κ3) is 6.72. The quantitative estimate of drug-likeness (QED) is 0.315. The molecule has 7 nitrogen and oxygen atoms in total. The van der Waals surface area contributed by atoms with Gasteiger partial charge in [0.25, 0.3) is 0 Å². The number of nitrogens with zero attached hydrogens (tertiary/aromatic N) is 4. The smallest absolute Gasteiger partial charge is 0.227 e. The number of hydrogen-bond donors (Lipinski definition) is 2. The minimum atomic E-state index is 0. The highest BCUT2D eigenvalue weighted by atomic mass is 127. The van der Waals surface area contributed by atoms with Crippen molar-refractivity contribution in [2.75, 3.05) is 18.0 Å². The maximum atomic E-state index is 11.9. The van der Waals surface area contributed by atoms with Gasteiger partial charge >= 0.3 is 0 Å². The first-order valence-corrected chi connectivity index (χ1v) is 10.5. The molecule has 3 rings (SSSR count). The highest BCUT2D eigenvalue weighted by Gasteiger charge is 2.21. The van der Waals surface area contributed by atoms with Crippen LogP contribution in [0.4, 0.5) is 5.69 Å². The van der Waals surface area contributed by atoms with Crippen molar-refractivity contribution in [3.63, 3.8) is 0 Å². The maximum Gasteiger partial charge on any atom is 0.227 e. The van der Waals surface area contributed by atoms with Gasteiger partial charge in [0.05, 0.1) is 13.1 Å². The molecule has 0 radical (unpaired) electrons. The van der Waals surface area contributed by atoms with Crippen LogP contribution in [0.5, 0.6) is 0 Å². The number of aromatic nitrogens is 2. The highest BCUT2D eigenvalue weighted by Crippen LogP contribution is 2.21. The van der Waals surface area contributed by atoms with Crippen LogP contribution in [0, 0.1) is 5.92 Å². The van der Waals surface area contributed by atoms with Gasteiger partial charge in [-0.05, 0) is 37.0 Å². The summed E-state index contributed by atoms with van der Waals surface area (Å²) in [6.07, 6.45) is 5.46. The predicted molar refractivity (Wildman–Crippen MR) is 132 cm³/mol. The number of carbonyl (C=O) groups excluding carboxylic acids is 1. The summed E-state index contributed by atoms with van der Waals surface area (Å²) in [6.45, 7) is 10.2. The number of halogens is 1. The molecule has 2 N–H and O–H groups in total. The highest BCUT2D eigenvalue weighted by molar-refractivity contribution is 14.0. The summed E-state index contributed by atoms with van der Waals surface area (Å²) in [7, 11) is 0. The number of anilines is 1. The lowest BCUT2D eigenvalue weighted by Crippen LogP contribution is -2.37. The zero-order chi connectivity index (χ0) is 20.6. The van der Waals surface area contributed by atoms with Crippen LogP contribution in [0.25, 0.3) is 0 Å². The molecule has 30 heavy (non-hydrogen) atoms. The van der Waals surface area contributed by atoms with Crippen molar-refractivity contribution in [1.29, 1.82) is 0 Å². The van der Waals surface area contributed by atoms with Crippen molar-refractivity contribution in [2.45, 2.75) is 53.2 Å². The molecule has 0 atom stereocenters. The number of imidazole rings is 1. The Kier molecular flexibility index (Phi) is 9.61. The van der Waals surface area contributed by atoms with Gasteiger partial charge in [-0.3, -0.25) is 4.79 Å². The van der Waals surface area contributed by atoms with E-state index in [9.17, 15) is 4.79 Å². The molecule has 1 aliphatic heterocycles. The molecular formula is C22H33IN6O. The number of nitrogens with one attached hydrogen (secondary N) is 2. The lowest BCUT2D eigenvalue weighted by atomic mass is 10.2. The number of benzene rings is 1. The molecule has 0 saturated carbocycles. The monoisotopic (exact) mass is 524 g/mol. The second-order valence-corrected chi connectivity index (χ2v) is 7.75. The maximum absolute atomic E-state index is 11.9. The number of amides is 1. The fourth-order valence-electron chi connectivity index (χ4n) is 3.44. The Labute approximate surface area is 196 Å². The Balaban J connectivity index is 0.00000320. The van der Waals surface area contributed by atoms with Gasteiger partial charge in [0, 0.05) is 44.1 Å². The SMILES string of the molecule is CCNC(=NCc1ccc(N2CCCC2=O)cc1)NCc1nccn1CC(C)C.I. The summed E-state index contributed by atoms with van der Waals surface area (Å²) in [6, 6.07) is 8.11. The van der Waals surface area contributed by atoms with E-state index < -0.39 is 0 Å². The molecule has 2 aromatic rings. The standard InChI is InChI=1S/C22H32N6O.HI/c1-4-23-22(26-15-20-24-11-13-27(20)16-17(2)3)25-14-18-7-9-19(10-8-18)28-12-5-6-21(28)29;/h7-11,13,17H,4-6,12,14-16H2,1-3H3,(H2,23,25,26);1H. The van der Waals surface area contributed by atoms with Gasteiger partial charge in [-0.1, -0.05) is 26.0 Å². The molecule has 0 unspecified atom stereocenters. The van der Waals surface area contributed by atoms with Gasteiger partial charge < -0.3 is 20.1 Å². The average molecular weight is 524 g/mol. The van der Waals surface area contributed by atoms with Crippen LogP contribution in [-0.2, 0) is 24.4 Å². The second kappa shape index (κ2) is 11.9. The molecule has 1 saturated heterocycles. The van der Waals surface area contributed by atoms with Crippen LogP contribution in [0.1, 0.15) is 45.0 Å². The largest absolute Gasteiger partial charge is 0.357 e. The Morgan fingerprint density at radius 3 is 2.63 bits per heavy atom. The van der Waals surface area contributed by atoms with Gasteiger partial charge in [-0.25, -0.2) is 9.98 Å². The summed E-state index contributed by atoms with van der Waals surface area (Å²) in [5.41, 5.74) is 2.08. The lowest BCUT2D eigenvalue weighted by Gasteiger charge is -2.16. The summed E-state index contributed by atoms with van der Waals surface area (Å²) < 4.78 is 2.18. The van der Waals surface area contributed by atoms with Gasteiger partial charge in [0.1, 0.15) is 5.82 Å². The van der Waals surface area contributed by atoms with Gasteiger partial charge in [0.15, 0.2) is 5.96 Å². The minimum absolute atomic E-state index is 0. The third-order valence-electron chi connectivity index (χ3n) is 4.86. The van der Waals surface area contributed by atoms with Crippen molar-refractivity contribution in [1.82, 2.24) is 20.2 Å². The molecule has 2 heterocycles. The van der Waals surface area contributed by atoms with E-state index in [1.807, 2.05) is 41.6 Å². The Hall–Kier alpha value is -2.10. The molecule has 1 fully saturated rings. The van der Waals surface area contributed by atoms with E-state index in [1.165, 1.54) is 0 Å². The van der Waals surface area contributed by atoms with Gasteiger partial charge in [0.2, 0.25) is 5.91 Å². The van der Waals surface area contributed by atoms with E-state index in [1.54, 1.807) is 0 Å². The molecular weight excluding hydrogens is 491 g/mol. The normalized spacial score (nSPS) is 14.2. The molecule has 0 spiro atoms. The average Bonchev–Trinajstić information content (AvgIpc) is 3.32. The van der Waals surface area contributed by atoms with Crippen molar-refractivity contribution in [3.8, 4) is 0 Å². The summed E-state index contributed by atoms with van der Waals surface area (Å²) >= 11 is 0. The zero-order valence-corrected chi connectivity index (χ0v) is 20.4. The fraction of sp³-hybridized carbons (Fsp3) is 0.500.